The third-order valence-electron chi connectivity index (χ3n) is 2.21. The van der Waals surface area contributed by atoms with Crippen molar-refractivity contribution in [1.82, 2.24) is 0 Å². The van der Waals surface area contributed by atoms with E-state index in [1.807, 2.05) is 19.1 Å². The molecule has 14 heavy (non-hydrogen) atoms. The van der Waals surface area contributed by atoms with Crippen LogP contribution < -0.4 is 0 Å². The third-order valence-corrected chi connectivity index (χ3v) is 3.07. The lowest BCUT2D eigenvalue weighted by molar-refractivity contribution is 1.07. The highest BCUT2D eigenvalue weighted by atomic mass is 79.9. The molecule has 0 rings (SSSR count). The summed E-state index contributed by atoms with van der Waals surface area (Å²) in [4.78, 5) is 0. The van der Waals surface area contributed by atoms with Crippen LogP contribution in [0.15, 0.2) is 46.0 Å². The number of rotatable bonds is 4. The van der Waals surface area contributed by atoms with Crippen molar-refractivity contribution in [3.05, 3.63) is 46.0 Å². The lowest BCUT2D eigenvalue weighted by Gasteiger charge is -2.11. The van der Waals surface area contributed by atoms with E-state index in [0.717, 1.165) is 10.9 Å². The van der Waals surface area contributed by atoms with E-state index in [4.69, 9.17) is 0 Å². The summed E-state index contributed by atoms with van der Waals surface area (Å²) in [6.45, 7) is 12.2. The van der Waals surface area contributed by atoms with Gasteiger partial charge in [-0.05, 0) is 38.3 Å². The maximum atomic E-state index is 3.72. The first-order valence-electron chi connectivity index (χ1n) is 4.90. The fourth-order valence-electron chi connectivity index (χ4n) is 1.31. The Hall–Kier alpha value is -0.560. The van der Waals surface area contributed by atoms with Gasteiger partial charge in [0, 0.05) is 4.48 Å². The normalized spacial score (nSPS) is 15.2. The van der Waals surface area contributed by atoms with Crippen LogP contribution in [0.5, 0.6) is 0 Å². The Kier molecular flexibility index (Phi) is 6.56. The van der Waals surface area contributed by atoms with E-state index in [-0.39, 0.29) is 0 Å². The van der Waals surface area contributed by atoms with E-state index in [0.29, 0.717) is 0 Å². The lowest BCUT2D eigenvalue weighted by Crippen LogP contribution is -1.91. The predicted octanol–water partition coefficient (Wildman–Crippen LogP) is 5.14. The molecule has 0 unspecified atom stereocenters. The molecule has 0 N–H and O–H groups in total. The van der Waals surface area contributed by atoms with Crippen molar-refractivity contribution in [3.8, 4) is 0 Å². The average molecular weight is 255 g/mol. The van der Waals surface area contributed by atoms with Gasteiger partial charge < -0.3 is 0 Å². The van der Waals surface area contributed by atoms with Crippen molar-refractivity contribution in [3.63, 3.8) is 0 Å². The van der Waals surface area contributed by atoms with E-state index >= 15 is 0 Å². The van der Waals surface area contributed by atoms with Crippen molar-refractivity contribution in [1.29, 1.82) is 0 Å². The fraction of sp³-hybridized carbons (Fsp3) is 0.385. The summed E-state index contributed by atoms with van der Waals surface area (Å²) in [5, 5.41) is 0. The average Bonchev–Trinajstić information content (AvgIpc) is 2.17. The molecule has 0 fully saturated rings. The molecule has 0 amide bonds. The van der Waals surface area contributed by atoms with Crippen molar-refractivity contribution in [2.45, 2.75) is 34.1 Å². The largest absolute Gasteiger partial charge is 0.0991 e. The van der Waals surface area contributed by atoms with Crippen LogP contribution in [0.2, 0.25) is 0 Å². The molecule has 0 aromatic rings. The summed E-state index contributed by atoms with van der Waals surface area (Å²) in [5.41, 5.74) is 3.95. The molecule has 0 radical (unpaired) electrons. The lowest BCUT2D eigenvalue weighted by atomic mass is 9.99. The van der Waals surface area contributed by atoms with Crippen LogP contribution in [-0.2, 0) is 0 Å². The Morgan fingerprint density at radius 3 is 2.29 bits per heavy atom. The molecular formula is C13H19Br. The first kappa shape index (κ1) is 13.4. The maximum absolute atomic E-state index is 3.72. The molecule has 0 bridgehead atoms. The van der Waals surface area contributed by atoms with E-state index in [9.17, 15) is 0 Å². The van der Waals surface area contributed by atoms with Crippen molar-refractivity contribution in [2.75, 3.05) is 0 Å². The van der Waals surface area contributed by atoms with Crippen LogP contribution in [0, 0.1) is 0 Å². The van der Waals surface area contributed by atoms with Crippen LogP contribution in [0.4, 0.5) is 0 Å². The minimum absolute atomic E-state index is 1.07. The van der Waals surface area contributed by atoms with Crippen molar-refractivity contribution in [2.24, 2.45) is 0 Å². The van der Waals surface area contributed by atoms with E-state index in [1.165, 1.54) is 16.7 Å². The van der Waals surface area contributed by atoms with E-state index < -0.39 is 0 Å². The smallest absolute Gasteiger partial charge is 0.0207 e. The second-order valence-electron chi connectivity index (χ2n) is 3.23. The summed E-state index contributed by atoms with van der Waals surface area (Å²) >= 11 is 3.58. The van der Waals surface area contributed by atoms with Gasteiger partial charge in [-0.2, -0.15) is 0 Å². The van der Waals surface area contributed by atoms with Gasteiger partial charge in [0.15, 0.2) is 0 Å². The van der Waals surface area contributed by atoms with Gasteiger partial charge in [0.05, 0.1) is 0 Å². The van der Waals surface area contributed by atoms with Crippen LogP contribution in [0.25, 0.3) is 0 Å². The van der Waals surface area contributed by atoms with Gasteiger partial charge in [-0.3, -0.25) is 0 Å². The van der Waals surface area contributed by atoms with Gasteiger partial charge in [-0.25, -0.2) is 0 Å². The molecule has 78 valence electrons. The number of halogens is 1. The van der Waals surface area contributed by atoms with Crippen molar-refractivity contribution < 1.29 is 0 Å². The van der Waals surface area contributed by atoms with E-state index in [1.54, 1.807) is 0 Å². The Bertz CT molecular complexity index is 290. The quantitative estimate of drug-likeness (QED) is 0.610. The Labute approximate surface area is 96.2 Å². The molecule has 0 heterocycles. The highest BCUT2D eigenvalue weighted by Crippen LogP contribution is 2.28. The second kappa shape index (κ2) is 6.83. The molecule has 0 spiro atoms. The molecular weight excluding hydrogens is 236 g/mol. The highest BCUT2D eigenvalue weighted by Gasteiger charge is 2.06. The predicted molar refractivity (Wildman–Crippen MR) is 69.6 cm³/mol. The van der Waals surface area contributed by atoms with Gasteiger partial charge in [0.25, 0.3) is 0 Å². The number of allylic oxidation sites excluding steroid dienone is 7. The highest BCUT2D eigenvalue weighted by molar-refractivity contribution is 9.12. The number of hydrogen-bond donors (Lipinski definition) is 0. The summed E-state index contributed by atoms with van der Waals surface area (Å²) in [6.07, 6.45) is 7.02. The first-order chi connectivity index (χ1) is 6.58. The molecule has 0 aliphatic rings. The molecule has 0 saturated heterocycles. The van der Waals surface area contributed by atoms with Gasteiger partial charge >= 0.3 is 0 Å². The molecule has 0 aromatic carbocycles. The number of hydrogen-bond acceptors (Lipinski definition) is 0. The zero-order chi connectivity index (χ0) is 11.1. The molecule has 0 aliphatic carbocycles. The minimum Gasteiger partial charge on any atom is -0.0991 e. The van der Waals surface area contributed by atoms with Gasteiger partial charge in [0.2, 0.25) is 0 Å². The van der Waals surface area contributed by atoms with Crippen LogP contribution >= 0.6 is 15.9 Å². The summed E-state index contributed by atoms with van der Waals surface area (Å²) in [5.74, 6) is 0. The molecule has 0 atom stereocenters. The van der Waals surface area contributed by atoms with Gasteiger partial charge in [-0.15, -0.1) is 0 Å². The van der Waals surface area contributed by atoms with Crippen LogP contribution in [0.3, 0.4) is 0 Å². The molecule has 1 heteroatoms. The zero-order valence-electron chi connectivity index (χ0n) is 9.52. The molecule has 0 nitrogen and oxygen atoms in total. The standard InChI is InChI=1S/C13H19Br/c1-6-9-11(5)13(10(4)7-2)12(14)8-3/h6,8-9H,1,7H2,2-5H3/b11-9-,12-8+,13-10-. The van der Waals surface area contributed by atoms with Gasteiger partial charge in [-0.1, -0.05) is 53.2 Å². The molecule has 0 aromatic heterocycles. The molecule has 0 saturated carbocycles. The maximum Gasteiger partial charge on any atom is 0.0207 e. The first-order valence-corrected chi connectivity index (χ1v) is 5.69. The summed E-state index contributed by atoms with van der Waals surface area (Å²) in [7, 11) is 0. The zero-order valence-corrected chi connectivity index (χ0v) is 11.1. The topological polar surface area (TPSA) is 0 Å². The SMILES string of the molecule is C=C\C=C(C)/C(=C(\C)CC)C(/Br)=C\C. The fourth-order valence-corrected chi connectivity index (χ4v) is 1.96. The minimum atomic E-state index is 1.07. The monoisotopic (exact) mass is 254 g/mol. The van der Waals surface area contributed by atoms with Crippen LogP contribution in [0.1, 0.15) is 34.1 Å². The summed E-state index contributed by atoms with van der Waals surface area (Å²) in [6, 6.07) is 0. The molecule has 0 aliphatic heterocycles. The Balaban J connectivity index is 5.34. The second-order valence-corrected chi connectivity index (χ2v) is 4.09. The Morgan fingerprint density at radius 1 is 1.36 bits per heavy atom. The van der Waals surface area contributed by atoms with Crippen LogP contribution in [-0.4, -0.2) is 0 Å². The Morgan fingerprint density at radius 2 is 1.93 bits per heavy atom. The van der Waals surface area contributed by atoms with Crippen molar-refractivity contribution >= 4 is 15.9 Å². The summed E-state index contributed by atoms with van der Waals surface area (Å²) < 4.78 is 1.16. The third kappa shape index (κ3) is 3.67. The van der Waals surface area contributed by atoms with E-state index in [2.05, 4.69) is 49.4 Å². The van der Waals surface area contributed by atoms with Gasteiger partial charge in [0.1, 0.15) is 0 Å².